The van der Waals surface area contributed by atoms with Crippen LogP contribution >= 0.6 is 0 Å². The van der Waals surface area contributed by atoms with Crippen LogP contribution in [0.25, 0.3) is 6.08 Å². The van der Waals surface area contributed by atoms with Crippen molar-refractivity contribution >= 4 is 11.9 Å². The molecule has 1 aromatic rings. The number of rotatable bonds is 2. The van der Waals surface area contributed by atoms with E-state index < -0.39 is 0 Å². The van der Waals surface area contributed by atoms with E-state index in [1.54, 1.807) is 12.3 Å². The number of hydrogen-bond acceptors (Lipinski definition) is 2. The van der Waals surface area contributed by atoms with Gasteiger partial charge in [0.1, 0.15) is 0 Å². The van der Waals surface area contributed by atoms with Crippen molar-refractivity contribution in [3.05, 3.63) is 30.0 Å². The van der Waals surface area contributed by atoms with E-state index in [1.807, 2.05) is 27.8 Å². The molecule has 0 unspecified atom stereocenters. The SMILES string of the molecule is C=Cc1[c-]c(C)cnc1NC.CC.[K+]. The van der Waals surface area contributed by atoms with Crippen LogP contribution in [0.1, 0.15) is 25.0 Å². The Morgan fingerprint density at radius 3 is 2.50 bits per heavy atom. The van der Waals surface area contributed by atoms with Crippen LogP contribution in [0.15, 0.2) is 12.8 Å². The van der Waals surface area contributed by atoms with Gasteiger partial charge in [-0.2, -0.15) is 0 Å². The smallest absolute Gasteiger partial charge is 0.412 e. The van der Waals surface area contributed by atoms with Gasteiger partial charge in [0.2, 0.25) is 0 Å². The maximum absolute atomic E-state index is 4.15. The molecule has 0 saturated heterocycles. The second-order valence-corrected chi connectivity index (χ2v) is 2.28. The van der Waals surface area contributed by atoms with Gasteiger partial charge in [-0.15, -0.1) is 29.8 Å². The molecule has 0 atom stereocenters. The molecule has 0 aliphatic rings. The van der Waals surface area contributed by atoms with E-state index in [9.17, 15) is 0 Å². The van der Waals surface area contributed by atoms with Crippen LogP contribution in [0, 0.1) is 13.0 Å². The van der Waals surface area contributed by atoms with Gasteiger partial charge in [-0.1, -0.05) is 27.0 Å². The van der Waals surface area contributed by atoms with E-state index in [2.05, 4.69) is 22.9 Å². The van der Waals surface area contributed by atoms with Gasteiger partial charge < -0.3 is 10.3 Å². The predicted octanol–water partition coefficient (Wildman–Crippen LogP) is -0.0949. The third kappa shape index (κ3) is 5.27. The van der Waals surface area contributed by atoms with E-state index in [0.29, 0.717) is 0 Å². The molecule has 0 bridgehead atoms. The van der Waals surface area contributed by atoms with E-state index in [-0.39, 0.29) is 51.4 Å². The molecule has 0 amide bonds. The summed E-state index contributed by atoms with van der Waals surface area (Å²) in [6.07, 6.45) is 3.52. The molecule has 0 spiro atoms. The van der Waals surface area contributed by atoms with Crippen molar-refractivity contribution in [2.75, 3.05) is 12.4 Å². The van der Waals surface area contributed by atoms with Crippen LogP contribution in [0.5, 0.6) is 0 Å². The summed E-state index contributed by atoms with van der Waals surface area (Å²) in [4.78, 5) is 4.15. The molecule has 1 N–H and O–H groups in total. The Balaban J connectivity index is 0. The fourth-order valence-electron chi connectivity index (χ4n) is 0.882. The van der Waals surface area contributed by atoms with Crippen LogP contribution < -0.4 is 56.7 Å². The Bertz CT molecular complexity index is 272. The molecule has 0 aliphatic carbocycles. The molecule has 3 heteroatoms. The van der Waals surface area contributed by atoms with Gasteiger partial charge in [0.05, 0.1) is 0 Å². The monoisotopic (exact) mass is 216 g/mol. The fourth-order valence-corrected chi connectivity index (χ4v) is 0.882. The summed E-state index contributed by atoms with van der Waals surface area (Å²) in [5, 5.41) is 2.96. The quantitative estimate of drug-likeness (QED) is 0.552. The molecule has 0 radical (unpaired) electrons. The van der Waals surface area contributed by atoms with Gasteiger partial charge >= 0.3 is 51.4 Å². The predicted molar refractivity (Wildman–Crippen MR) is 58.8 cm³/mol. The number of nitrogens with zero attached hydrogens (tertiary/aromatic N) is 1. The van der Waals surface area contributed by atoms with Gasteiger partial charge in [0.15, 0.2) is 0 Å². The standard InChI is InChI=1S/C9H11N2.C2H6.K/c1-4-8-5-7(2)6-11-9(8)10-3;1-2;/h4,6H,1H2,2-3H3,(H,10,11);1-2H3;/q-1;;+1. The zero-order valence-electron chi connectivity index (χ0n) is 9.81. The fraction of sp³-hybridized carbons (Fsp3) is 0.364. The maximum atomic E-state index is 4.15. The van der Waals surface area contributed by atoms with Crippen molar-refractivity contribution in [2.24, 2.45) is 0 Å². The first-order valence-corrected chi connectivity index (χ1v) is 4.47. The van der Waals surface area contributed by atoms with Crippen molar-refractivity contribution in [2.45, 2.75) is 20.8 Å². The Morgan fingerprint density at radius 1 is 1.50 bits per heavy atom. The van der Waals surface area contributed by atoms with Crippen LogP contribution in [0.2, 0.25) is 0 Å². The zero-order chi connectivity index (χ0) is 10.3. The third-order valence-corrected chi connectivity index (χ3v) is 1.42. The Labute approximate surface area is 130 Å². The van der Waals surface area contributed by atoms with Crippen molar-refractivity contribution in [1.82, 2.24) is 4.98 Å². The molecule has 1 heterocycles. The molecule has 72 valence electrons. The molecule has 1 aromatic heterocycles. The number of aromatic nitrogens is 1. The summed E-state index contributed by atoms with van der Waals surface area (Å²) in [7, 11) is 1.83. The number of anilines is 1. The Kier molecular flexibility index (Phi) is 11.8. The third-order valence-electron chi connectivity index (χ3n) is 1.42. The molecular weight excluding hydrogens is 199 g/mol. The maximum Gasteiger partial charge on any atom is 1.00 e. The van der Waals surface area contributed by atoms with E-state index >= 15 is 0 Å². The summed E-state index contributed by atoms with van der Waals surface area (Å²) >= 11 is 0. The van der Waals surface area contributed by atoms with Gasteiger partial charge in [-0.3, -0.25) is 0 Å². The van der Waals surface area contributed by atoms with E-state index in [1.165, 1.54) is 0 Å². The van der Waals surface area contributed by atoms with Crippen molar-refractivity contribution in [3.8, 4) is 0 Å². The van der Waals surface area contributed by atoms with Crippen molar-refractivity contribution in [1.29, 1.82) is 0 Å². The minimum Gasteiger partial charge on any atom is -0.412 e. The minimum atomic E-state index is 0. The first-order valence-electron chi connectivity index (χ1n) is 4.47. The molecule has 2 nitrogen and oxygen atoms in total. The number of nitrogens with one attached hydrogen (secondary N) is 1. The van der Waals surface area contributed by atoms with Crippen LogP contribution in [-0.4, -0.2) is 12.0 Å². The second-order valence-electron chi connectivity index (χ2n) is 2.28. The molecular formula is C11H17KN2. The van der Waals surface area contributed by atoms with E-state index in [4.69, 9.17) is 0 Å². The van der Waals surface area contributed by atoms with Gasteiger partial charge in [-0.05, 0) is 7.05 Å². The molecule has 14 heavy (non-hydrogen) atoms. The van der Waals surface area contributed by atoms with Crippen LogP contribution in [0.3, 0.4) is 0 Å². The summed E-state index contributed by atoms with van der Waals surface area (Å²) in [5.74, 6) is 0.825. The average molecular weight is 216 g/mol. The Hall–Kier alpha value is 0.326. The minimum absolute atomic E-state index is 0. The van der Waals surface area contributed by atoms with Gasteiger partial charge in [0.25, 0.3) is 0 Å². The number of aryl methyl sites for hydroxylation is 1. The first kappa shape index (κ1) is 16.7. The van der Waals surface area contributed by atoms with Crippen molar-refractivity contribution < 1.29 is 51.4 Å². The normalized spacial score (nSPS) is 7.71. The topological polar surface area (TPSA) is 24.9 Å². The van der Waals surface area contributed by atoms with Crippen LogP contribution in [0.4, 0.5) is 5.82 Å². The first-order chi connectivity index (χ1) is 6.27. The molecule has 0 aliphatic heterocycles. The van der Waals surface area contributed by atoms with Crippen molar-refractivity contribution in [3.63, 3.8) is 0 Å². The number of hydrogen-bond donors (Lipinski definition) is 1. The summed E-state index contributed by atoms with van der Waals surface area (Å²) < 4.78 is 0. The summed E-state index contributed by atoms with van der Waals surface area (Å²) in [6, 6.07) is 3.13. The average Bonchev–Trinajstić information content (AvgIpc) is 2.20. The van der Waals surface area contributed by atoms with E-state index in [0.717, 1.165) is 16.9 Å². The number of pyridine rings is 1. The largest absolute Gasteiger partial charge is 1.00 e. The molecule has 0 saturated carbocycles. The Morgan fingerprint density at radius 2 is 2.07 bits per heavy atom. The second kappa shape index (κ2) is 9.87. The molecule has 1 rings (SSSR count). The zero-order valence-corrected chi connectivity index (χ0v) is 12.9. The summed E-state index contributed by atoms with van der Waals surface area (Å²) in [5.41, 5.74) is 1.95. The molecule has 0 fully saturated rings. The van der Waals surface area contributed by atoms with Gasteiger partial charge in [0, 0.05) is 5.82 Å². The molecule has 0 aromatic carbocycles. The van der Waals surface area contributed by atoms with Gasteiger partial charge in [-0.25, -0.2) is 0 Å². The summed E-state index contributed by atoms with van der Waals surface area (Å²) in [6.45, 7) is 9.63. The van der Waals surface area contributed by atoms with Crippen LogP contribution in [-0.2, 0) is 0 Å².